The van der Waals surface area contributed by atoms with Crippen LogP contribution in [0.3, 0.4) is 0 Å². The summed E-state index contributed by atoms with van der Waals surface area (Å²) >= 11 is 0. The molecule has 5 nitrogen and oxygen atoms in total. The molecule has 0 bridgehead atoms. The molecule has 0 amide bonds. The van der Waals surface area contributed by atoms with Crippen LogP contribution in [0.15, 0.2) is 24.3 Å². The first-order valence-corrected chi connectivity index (χ1v) is 10.0. The summed E-state index contributed by atoms with van der Waals surface area (Å²) in [6.07, 6.45) is 6.00. The van der Waals surface area contributed by atoms with Crippen LogP contribution in [0, 0.1) is 0 Å². The van der Waals surface area contributed by atoms with Crippen molar-refractivity contribution in [3.05, 3.63) is 35.5 Å². The largest absolute Gasteiger partial charge is 0.494 e. The van der Waals surface area contributed by atoms with Crippen LogP contribution in [0.4, 0.5) is 5.82 Å². The second kappa shape index (κ2) is 7.70. The first-order valence-electron chi connectivity index (χ1n) is 10.0. The number of hydrogen-bond donors (Lipinski definition) is 1. The molecule has 3 heterocycles. The molecular weight excluding hydrogens is 324 g/mol. The average Bonchev–Trinajstić information content (AvgIpc) is 2.88. The fourth-order valence-corrected chi connectivity index (χ4v) is 4.36. The van der Waals surface area contributed by atoms with E-state index in [4.69, 9.17) is 9.84 Å². The van der Waals surface area contributed by atoms with E-state index in [1.807, 2.05) is 12.1 Å². The van der Waals surface area contributed by atoms with Gasteiger partial charge < -0.3 is 15.0 Å². The molecule has 1 saturated heterocycles. The Morgan fingerprint density at radius 2 is 2.00 bits per heavy atom. The van der Waals surface area contributed by atoms with Crippen LogP contribution in [0.25, 0.3) is 5.69 Å². The van der Waals surface area contributed by atoms with Crippen LogP contribution < -0.4 is 10.1 Å². The van der Waals surface area contributed by atoms with E-state index in [1.54, 1.807) is 7.11 Å². The zero-order valence-corrected chi connectivity index (χ0v) is 16.0. The average molecular weight is 354 g/mol. The maximum atomic E-state index is 5.61. The summed E-state index contributed by atoms with van der Waals surface area (Å²) in [5.41, 5.74) is 3.78. The lowest BCUT2D eigenvalue weighted by Gasteiger charge is -2.30. The third-order valence-corrected chi connectivity index (χ3v) is 5.90. The van der Waals surface area contributed by atoms with E-state index >= 15 is 0 Å². The Balaban J connectivity index is 1.75. The summed E-state index contributed by atoms with van der Waals surface area (Å²) in [5.74, 6) is 2.62. The van der Waals surface area contributed by atoms with Gasteiger partial charge in [0.15, 0.2) is 0 Å². The first kappa shape index (κ1) is 17.4. The number of rotatable bonds is 4. The van der Waals surface area contributed by atoms with Crippen LogP contribution >= 0.6 is 0 Å². The van der Waals surface area contributed by atoms with Crippen LogP contribution in [-0.4, -0.2) is 48.0 Å². The first-order chi connectivity index (χ1) is 12.8. The molecule has 26 heavy (non-hydrogen) atoms. The molecular formula is C21H30N4O. The molecule has 140 valence electrons. The maximum Gasteiger partial charge on any atom is 0.144 e. The normalized spacial score (nSPS) is 18.8. The standard InChI is InChI=1S/C21H30N4O/c1-3-24-14-11-16(12-15-24)20-17-8-6-7-13-22-21(17)25(23-20)18-9-4-5-10-19(18)26-2/h4-5,9-10,16,22H,3,6-8,11-15H2,1-2H3. The molecule has 1 N–H and O–H groups in total. The maximum absolute atomic E-state index is 5.61. The highest BCUT2D eigenvalue weighted by Gasteiger charge is 2.29. The summed E-state index contributed by atoms with van der Waals surface area (Å²) in [5, 5.41) is 8.80. The number of ether oxygens (including phenoxy) is 1. The minimum absolute atomic E-state index is 0.572. The molecule has 1 fully saturated rings. The molecule has 1 aromatic heterocycles. The van der Waals surface area contributed by atoms with Gasteiger partial charge in [-0.1, -0.05) is 19.1 Å². The van der Waals surface area contributed by atoms with Crippen molar-refractivity contribution in [1.29, 1.82) is 0 Å². The molecule has 0 unspecified atom stereocenters. The molecule has 0 atom stereocenters. The van der Waals surface area contributed by atoms with Gasteiger partial charge in [-0.25, -0.2) is 4.68 Å². The fourth-order valence-electron chi connectivity index (χ4n) is 4.36. The Labute approximate surface area is 156 Å². The van der Waals surface area contributed by atoms with Crippen LogP contribution in [0.2, 0.25) is 0 Å². The number of likely N-dealkylation sites (tertiary alicyclic amines) is 1. The predicted octanol–water partition coefficient (Wildman–Crippen LogP) is 3.83. The molecule has 2 aliphatic heterocycles. The Morgan fingerprint density at radius 3 is 2.77 bits per heavy atom. The topological polar surface area (TPSA) is 42.3 Å². The quantitative estimate of drug-likeness (QED) is 0.906. The Morgan fingerprint density at radius 1 is 1.19 bits per heavy atom. The third-order valence-electron chi connectivity index (χ3n) is 5.90. The second-order valence-electron chi connectivity index (χ2n) is 7.39. The van der Waals surface area contributed by atoms with Gasteiger partial charge in [0.1, 0.15) is 17.3 Å². The molecule has 2 aliphatic rings. The number of fused-ring (bicyclic) bond motifs is 1. The summed E-state index contributed by atoms with van der Waals surface area (Å²) in [4.78, 5) is 2.55. The van der Waals surface area contributed by atoms with Crippen molar-refractivity contribution in [2.24, 2.45) is 0 Å². The lowest BCUT2D eigenvalue weighted by molar-refractivity contribution is 0.220. The van der Waals surface area contributed by atoms with E-state index in [1.165, 1.54) is 55.8 Å². The van der Waals surface area contributed by atoms with Gasteiger partial charge in [0.25, 0.3) is 0 Å². The highest BCUT2D eigenvalue weighted by atomic mass is 16.5. The number of piperidine rings is 1. The van der Waals surface area contributed by atoms with Gasteiger partial charge in [-0.05, 0) is 63.9 Å². The van der Waals surface area contributed by atoms with Gasteiger partial charge in [0.05, 0.1) is 12.8 Å². The van der Waals surface area contributed by atoms with E-state index in [0.717, 1.165) is 30.9 Å². The molecule has 0 saturated carbocycles. The van der Waals surface area contributed by atoms with Crippen molar-refractivity contribution < 1.29 is 4.74 Å². The molecule has 1 aromatic carbocycles. The number of anilines is 1. The minimum atomic E-state index is 0.572. The number of hydrogen-bond acceptors (Lipinski definition) is 4. The number of aromatic nitrogens is 2. The van der Waals surface area contributed by atoms with Crippen LogP contribution in [0.5, 0.6) is 5.75 Å². The number of nitrogens with one attached hydrogen (secondary N) is 1. The molecule has 0 aliphatic carbocycles. The summed E-state index contributed by atoms with van der Waals surface area (Å²) < 4.78 is 7.71. The number of nitrogens with zero attached hydrogens (tertiary/aromatic N) is 3. The van der Waals surface area contributed by atoms with Gasteiger partial charge in [-0.2, -0.15) is 5.10 Å². The van der Waals surface area contributed by atoms with Gasteiger partial charge in [0.2, 0.25) is 0 Å². The number of benzene rings is 1. The van der Waals surface area contributed by atoms with Crippen molar-refractivity contribution >= 4 is 5.82 Å². The van der Waals surface area contributed by atoms with Crippen molar-refractivity contribution in [2.45, 2.75) is 44.9 Å². The fraction of sp³-hybridized carbons (Fsp3) is 0.571. The molecule has 2 aromatic rings. The van der Waals surface area contributed by atoms with Crippen LogP contribution in [0.1, 0.15) is 49.8 Å². The zero-order chi connectivity index (χ0) is 17.9. The van der Waals surface area contributed by atoms with Gasteiger partial charge >= 0.3 is 0 Å². The Kier molecular flexibility index (Phi) is 5.16. The number of methoxy groups -OCH3 is 1. The lowest BCUT2D eigenvalue weighted by atomic mass is 9.90. The van der Waals surface area contributed by atoms with Crippen molar-refractivity contribution in [3.8, 4) is 11.4 Å². The SMILES string of the molecule is CCN1CCC(c2nn(-c3ccccc3OC)c3c2CCCCN3)CC1. The highest BCUT2D eigenvalue weighted by molar-refractivity contribution is 5.58. The molecule has 0 radical (unpaired) electrons. The van der Waals surface area contributed by atoms with Gasteiger partial charge in [-0.15, -0.1) is 0 Å². The van der Waals surface area contributed by atoms with E-state index in [-0.39, 0.29) is 0 Å². The third kappa shape index (κ3) is 3.20. The predicted molar refractivity (Wildman–Crippen MR) is 106 cm³/mol. The Hall–Kier alpha value is -2.01. The monoisotopic (exact) mass is 354 g/mol. The van der Waals surface area contributed by atoms with Crippen molar-refractivity contribution in [2.75, 3.05) is 38.6 Å². The Bertz CT molecular complexity index is 746. The lowest BCUT2D eigenvalue weighted by Crippen LogP contribution is -2.33. The van der Waals surface area contributed by atoms with Crippen molar-refractivity contribution in [1.82, 2.24) is 14.7 Å². The van der Waals surface area contributed by atoms with Gasteiger partial charge in [-0.3, -0.25) is 0 Å². The number of para-hydroxylation sites is 2. The summed E-state index contributed by atoms with van der Waals surface area (Å²) in [6.45, 7) is 6.80. The van der Waals surface area contributed by atoms with E-state index in [2.05, 4.69) is 34.0 Å². The summed E-state index contributed by atoms with van der Waals surface area (Å²) in [7, 11) is 1.73. The smallest absolute Gasteiger partial charge is 0.144 e. The van der Waals surface area contributed by atoms with Crippen LogP contribution in [-0.2, 0) is 6.42 Å². The molecule has 5 heteroatoms. The minimum Gasteiger partial charge on any atom is -0.494 e. The van der Waals surface area contributed by atoms with E-state index in [9.17, 15) is 0 Å². The highest BCUT2D eigenvalue weighted by Crippen LogP contribution is 2.37. The summed E-state index contributed by atoms with van der Waals surface area (Å²) in [6, 6.07) is 8.18. The van der Waals surface area contributed by atoms with E-state index < -0.39 is 0 Å². The zero-order valence-electron chi connectivity index (χ0n) is 16.0. The van der Waals surface area contributed by atoms with Crippen molar-refractivity contribution in [3.63, 3.8) is 0 Å². The van der Waals surface area contributed by atoms with Gasteiger partial charge in [0, 0.05) is 18.0 Å². The molecule has 4 rings (SSSR count). The second-order valence-corrected chi connectivity index (χ2v) is 7.39. The van der Waals surface area contributed by atoms with E-state index in [0.29, 0.717) is 5.92 Å². The molecule has 0 spiro atoms.